The zero-order chi connectivity index (χ0) is 16.9. The number of nitriles is 1. The molecule has 0 amide bonds. The van der Waals surface area contributed by atoms with E-state index in [2.05, 4.69) is 5.32 Å². The van der Waals surface area contributed by atoms with Gasteiger partial charge >= 0.3 is 5.97 Å². The van der Waals surface area contributed by atoms with Gasteiger partial charge in [0.05, 0.1) is 6.61 Å². The fourth-order valence-electron chi connectivity index (χ4n) is 2.16. The van der Waals surface area contributed by atoms with E-state index in [0.29, 0.717) is 25.2 Å². The molecule has 0 saturated carbocycles. The van der Waals surface area contributed by atoms with Gasteiger partial charge in [-0.2, -0.15) is 5.26 Å². The van der Waals surface area contributed by atoms with Crippen LogP contribution in [0.2, 0.25) is 0 Å². The topological polar surface area (TPSA) is 80.6 Å². The van der Waals surface area contributed by atoms with Crippen LogP contribution in [0.25, 0.3) is 0 Å². The fraction of sp³-hybridized carbons (Fsp3) is 0.529. The lowest BCUT2D eigenvalue weighted by Crippen LogP contribution is -2.19. The summed E-state index contributed by atoms with van der Waals surface area (Å²) in [6.07, 6.45) is 7.72. The van der Waals surface area contributed by atoms with Gasteiger partial charge in [-0.25, -0.2) is 4.79 Å². The first-order valence-electron chi connectivity index (χ1n) is 7.77. The van der Waals surface area contributed by atoms with Gasteiger partial charge in [-0.15, -0.1) is 0 Å². The van der Waals surface area contributed by atoms with Gasteiger partial charge in [-0.05, 0) is 44.3 Å². The minimum atomic E-state index is -0.657. The van der Waals surface area contributed by atoms with Crippen molar-refractivity contribution in [2.24, 2.45) is 0 Å². The van der Waals surface area contributed by atoms with Crippen LogP contribution in [-0.4, -0.2) is 32.8 Å². The molecule has 0 aliphatic heterocycles. The number of hydrogen-bond acceptors (Lipinski definition) is 6. The summed E-state index contributed by atoms with van der Waals surface area (Å²) in [4.78, 5) is 12.0. The summed E-state index contributed by atoms with van der Waals surface area (Å²) in [7, 11) is 1.67. The summed E-state index contributed by atoms with van der Waals surface area (Å²) in [6.45, 7) is 3.81. The highest BCUT2D eigenvalue weighted by molar-refractivity contribution is 5.94. The molecule has 1 aliphatic carbocycles. The molecule has 0 fully saturated rings. The van der Waals surface area contributed by atoms with Crippen LogP contribution in [0.15, 0.2) is 35.4 Å². The molecule has 0 atom stereocenters. The van der Waals surface area contributed by atoms with Crippen LogP contribution in [0.5, 0.6) is 0 Å². The number of nitrogens with one attached hydrogen (secondary N) is 1. The zero-order valence-electron chi connectivity index (χ0n) is 13.8. The Hall–Kier alpha value is -2.26. The maximum absolute atomic E-state index is 12.0. The van der Waals surface area contributed by atoms with Gasteiger partial charge in [0.1, 0.15) is 24.2 Å². The minimum absolute atomic E-state index is 0.0436. The van der Waals surface area contributed by atoms with E-state index in [1.165, 1.54) is 6.26 Å². The molecule has 0 bridgehead atoms. The molecule has 1 aliphatic rings. The zero-order valence-corrected chi connectivity index (χ0v) is 13.8. The second-order valence-corrected chi connectivity index (χ2v) is 4.94. The molecule has 6 heteroatoms. The third-order valence-corrected chi connectivity index (χ3v) is 3.25. The molecule has 0 radical (unpaired) electrons. The molecular formula is C17H24N2O4. The quantitative estimate of drug-likeness (QED) is 0.231. The number of ether oxygens (including phenoxy) is 3. The second-order valence-electron chi connectivity index (χ2n) is 4.94. The highest BCUT2D eigenvalue weighted by atomic mass is 16.5. The average Bonchev–Trinajstić information content (AvgIpc) is 2.57. The van der Waals surface area contributed by atoms with Crippen molar-refractivity contribution in [3.63, 3.8) is 0 Å². The number of esters is 1. The van der Waals surface area contributed by atoms with Crippen LogP contribution in [0.1, 0.15) is 32.6 Å². The van der Waals surface area contributed by atoms with Crippen LogP contribution in [0, 0.1) is 11.3 Å². The Balaban J connectivity index is 2.71. The maximum Gasteiger partial charge on any atom is 0.354 e. The Morgan fingerprint density at radius 1 is 1.43 bits per heavy atom. The second kappa shape index (κ2) is 11.3. The van der Waals surface area contributed by atoms with Gasteiger partial charge in [0, 0.05) is 26.0 Å². The summed E-state index contributed by atoms with van der Waals surface area (Å²) in [6, 6.07) is 1.95. The Morgan fingerprint density at radius 2 is 2.26 bits per heavy atom. The van der Waals surface area contributed by atoms with Crippen molar-refractivity contribution in [3.05, 3.63) is 35.4 Å². The van der Waals surface area contributed by atoms with Crippen molar-refractivity contribution in [2.75, 3.05) is 26.9 Å². The third kappa shape index (κ3) is 7.02. The first-order chi connectivity index (χ1) is 11.2. The molecule has 23 heavy (non-hydrogen) atoms. The highest BCUT2D eigenvalue weighted by Gasteiger charge is 2.18. The van der Waals surface area contributed by atoms with Crippen molar-refractivity contribution in [1.29, 1.82) is 5.26 Å². The summed E-state index contributed by atoms with van der Waals surface area (Å²) in [5, 5.41) is 12.6. The smallest absolute Gasteiger partial charge is 0.354 e. The number of carbonyl (C=O) groups is 1. The normalized spacial score (nSPS) is 16.5. The molecule has 126 valence electrons. The van der Waals surface area contributed by atoms with Gasteiger partial charge in [0.15, 0.2) is 0 Å². The van der Waals surface area contributed by atoms with E-state index in [-0.39, 0.29) is 5.57 Å². The molecule has 0 unspecified atom stereocenters. The van der Waals surface area contributed by atoms with Gasteiger partial charge in [-0.1, -0.05) is 0 Å². The van der Waals surface area contributed by atoms with Gasteiger partial charge < -0.3 is 19.5 Å². The first-order valence-corrected chi connectivity index (χ1v) is 7.77. The van der Waals surface area contributed by atoms with Crippen molar-refractivity contribution in [1.82, 2.24) is 5.32 Å². The first kappa shape index (κ1) is 18.8. The van der Waals surface area contributed by atoms with E-state index in [1.54, 1.807) is 7.11 Å². The molecule has 0 heterocycles. The fourth-order valence-corrected chi connectivity index (χ4v) is 2.16. The van der Waals surface area contributed by atoms with E-state index in [9.17, 15) is 10.1 Å². The van der Waals surface area contributed by atoms with Crippen molar-refractivity contribution in [2.45, 2.75) is 32.6 Å². The molecule has 0 aromatic carbocycles. The number of nitrogens with zero attached hydrogens (tertiary/aromatic N) is 1. The standard InChI is InChI=1S/C17H24N2O4/c1-3-22-10-11-23-17(20)16(13-18)14-6-4-7-15(12-14)19-8-5-9-21-2/h10-12,19H,3-9H2,1-2H3/b11-10+,16-14-. The van der Waals surface area contributed by atoms with Crippen molar-refractivity contribution in [3.8, 4) is 6.07 Å². The molecule has 6 nitrogen and oxygen atoms in total. The van der Waals surface area contributed by atoms with Crippen LogP contribution >= 0.6 is 0 Å². The van der Waals surface area contributed by atoms with Crippen molar-refractivity contribution < 1.29 is 19.0 Å². The number of rotatable bonds is 9. The minimum Gasteiger partial charge on any atom is -0.498 e. The summed E-state index contributed by atoms with van der Waals surface area (Å²) in [5.74, 6) is -0.657. The van der Waals surface area contributed by atoms with Crippen LogP contribution in [0.3, 0.4) is 0 Å². The van der Waals surface area contributed by atoms with Crippen LogP contribution in [-0.2, 0) is 19.0 Å². The van der Waals surface area contributed by atoms with E-state index in [4.69, 9.17) is 14.2 Å². The summed E-state index contributed by atoms with van der Waals surface area (Å²) >= 11 is 0. The van der Waals surface area contributed by atoms with Gasteiger partial charge in [-0.3, -0.25) is 0 Å². The predicted octanol–water partition coefficient (Wildman–Crippen LogP) is 2.55. The lowest BCUT2D eigenvalue weighted by atomic mass is 9.95. The third-order valence-electron chi connectivity index (χ3n) is 3.25. The van der Waals surface area contributed by atoms with Crippen molar-refractivity contribution >= 4 is 5.97 Å². The number of hydrogen-bond donors (Lipinski definition) is 1. The van der Waals surface area contributed by atoms with Crippen LogP contribution < -0.4 is 5.32 Å². The van der Waals surface area contributed by atoms with Gasteiger partial charge in [0.2, 0.25) is 0 Å². The number of carbonyl (C=O) groups excluding carboxylic acids is 1. The Kier molecular flexibility index (Phi) is 9.25. The van der Waals surface area contributed by atoms with E-state index in [0.717, 1.165) is 37.8 Å². The van der Waals surface area contributed by atoms with E-state index < -0.39 is 5.97 Å². The number of allylic oxidation sites excluding steroid dienone is 3. The van der Waals surface area contributed by atoms with E-state index >= 15 is 0 Å². The SMILES string of the molecule is CCO/C=C/OC(=O)/C(C#N)=C1\C=C(NCCCOC)CCC1. The summed E-state index contributed by atoms with van der Waals surface area (Å²) in [5.41, 5.74) is 1.79. The molecule has 0 aromatic rings. The predicted molar refractivity (Wildman–Crippen MR) is 85.9 cm³/mol. The Labute approximate surface area is 137 Å². The molecule has 1 rings (SSSR count). The lowest BCUT2D eigenvalue weighted by Gasteiger charge is -2.17. The van der Waals surface area contributed by atoms with Crippen LogP contribution in [0.4, 0.5) is 0 Å². The molecule has 0 aromatic heterocycles. The maximum atomic E-state index is 12.0. The largest absolute Gasteiger partial charge is 0.498 e. The molecule has 0 saturated heterocycles. The monoisotopic (exact) mass is 320 g/mol. The molecule has 0 spiro atoms. The van der Waals surface area contributed by atoms with E-state index in [1.807, 2.05) is 19.1 Å². The lowest BCUT2D eigenvalue weighted by molar-refractivity contribution is -0.133. The van der Waals surface area contributed by atoms with Gasteiger partial charge in [0.25, 0.3) is 0 Å². The molecule has 1 N–H and O–H groups in total. The highest BCUT2D eigenvalue weighted by Crippen LogP contribution is 2.24. The number of methoxy groups -OCH3 is 1. The Morgan fingerprint density at radius 3 is 2.96 bits per heavy atom. The Bertz CT molecular complexity index is 515. The average molecular weight is 320 g/mol. The molecular weight excluding hydrogens is 296 g/mol. The summed E-state index contributed by atoms with van der Waals surface area (Å²) < 4.78 is 14.8.